The summed E-state index contributed by atoms with van der Waals surface area (Å²) >= 11 is 0. The van der Waals surface area contributed by atoms with Gasteiger partial charge < -0.3 is 24.1 Å². The average Bonchev–Trinajstić information content (AvgIpc) is 3.29. The van der Waals surface area contributed by atoms with Crippen molar-refractivity contribution in [1.82, 2.24) is 5.48 Å². The van der Waals surface area contributed by atoms with Crippen molar-refractivity contribution in [2.24, 2.45) is 0 Å². The first-order valence-electron chi connectivity index (χ1n) is 10.4. The molecule has 4 N–H and O–H groups in total. The molecule has 1 aliphatic heterocycles. The number of amides is 2. The molecule has 1 aliphatic rings. The predicted octanol–water partition coefficient (Wildman–Crippen LogP) is 3.31. The third-order valence-corrected chi connectivity index (χ3v) is 4.70. The van der Waals surface area contributed by atoms with Crippen molar-refractivity contribution in [3.05, 3.63) is 60.2 Å². The highest BCUT2D eigenvalue weighted by atomic mass is 16.7. The Balaban J connectivity index is 1.68. The summed E-state index contributed by atoms with van der Waals surface area (Å²) in [5, 5.41) is 20.3. The maximum Gasteiger partial charge on any atom is 0.412 e. The SMILES string of the molecule is O=C(/C=C/CCC[C@H](OC(=O)Nc1ccc2c(c1)OCO2)c1ccccc1OCCO)NO. The molecular formula is C23H26N2O8. The van der Waals surface area contributed by atoms with Crippen LogP contribution in [0.15, 0.2) is 54.6 Å². The largest absolute Gasteiger partial charge is 0.491 e. The zero-order chi connectivity index (χ0) is 23.5. The van der Waals surface area contributed by atoms with Crippen molar-refractivity contribution in [2.75, 3.05) is 25.3 Å². The summed E-state index contributed by atoms with van der Waals surface area (Å²) in [6, 6.07) is 12.1. The summed E-state index contributed by atoms with van der Waals surface area (Å²) in [4.78, 5) is 23.7. The number of nitrogens with one attached hydrogen (secondary N) is 2. The Morgan fingerprint density at radius 2 is 1.97 bits per heavy atom. The van der Waals surface area contributed by atoms with Crippen LogP contribution < -0.4 is 25.0 Å². The molecule has 0 bridgehead atoms. The summed E-state index contributed by atoms with van der Waals surface area (Å²) in [5.41, 5.74) is 2.67. The Morgan fingerprint density at radius 1 is 1.15 bits per heavy atom. The van der Waals surface area contributed by atoms with Crippen molar-refractivity contribution < 1.29 is 38.9 Å². The molecule has 2 aromatic rings. The fourth-order valence-electron chi connectivity index (χ4n) is 3.21. The van der Waals surface area contributed by atoms with Gasteiger partial charge in [0.1, 0.15) is 18.5 Å². The van der Waals surface area contributed by atoms with Gasteiger partial charge in [0.2, 0.25) is 6.79 Å². The number of allylic oxidation sites excluding steroid dienone is 1. The van der Waals surface area contributed by atoms with Crippen LogP contribution in [0, 0.1) is 0 Å². The first-order chi connectivity index (χ1) is 16.1. The van der Waals surface area contributed by atoms with Crippen LogP contribution in [0.1, 0.15) is 30.9 Å². The normalized spacial score (nSPS) is 12.9. The Kier molecular flexibility index (Phi) is 8.92. The summed E-state index contributed by atoms with van der Waals surface area (Å²) in [5.74, 6) is 1.02. The van der Waals surface area contributed by atoms with E-state index < -0.39 is 18.1 Å². The summed E-state index contributed by atoms with van der Waals surface area (Å²) in [7, 11) is 0. The minimum absolute atomic E-state index is 0.103. The van der Waals surface area contributed by atoms with E-state index in [1.807, 2.05) is 0 Å². The zero-order valence-electron chi connectivity index (χ0n) is 17.9. The highest BCUT2D eigenvalue weighted by Gasteiger charge is 2.21. The molecule has 10 nitrogen and oxygen atoms in total. The molecule has 2 aromatic carbocycles. The second-order valence-corrected chi connectivity index (χ2v) is 7.01. The molecule has 0 saturated heterocycles. The third-order valence-electron chi connectivity index (χ3n) is 4.70. The van der Waals surface area contributed by atoms with Gasteiger partial charge in [0.25, 0.3) is 5.91 Å². The number of anilines is 1. The Hall–Kier alpha value is -3.76. The molecule has 0 aliphatic carbocycles. The number of hydrogen-bond acceptors (Lipinski definition) is 8. The molecule has 0 unspecified atom stereocenters. The lowest BCUT2D eigenvalue weighted by Gasteiger charge is -2.21. The van der Waals surface area contributed by atoms with Gasteiger partial charge in [-0.15, -0.1) is 0 Å². The number of ether oxygens (including phenoxy) is 4. The van der Waals surface area contributed by atoms with E-state index in [9.17, 15) is 9.59 Å². The van der Waals surface area contributed by atoms with E-state index in [2.05, 4.69) is 5.32 Å². The van der Waals surface area contributed by atoms with Gasteiger partial charge in [0, 0.05) is 23.4 Å². The van der Waals surface area contributed by atoms with Crippen molar-refractivity contribution in [3.63, 3.8) is 0 Å². The predicted molar refractivity (Wildman–Crippen MR) is 117 cm³/mol. The number of para-hydroxylation sites is 1. The van der Waals surface area contributed by atoms with Crippen molar-refractivity contribution in [3.8, 4) is 17.2 Å². The van der Waals surface area contributed by atoms with Gasteiger partial charge in [-0.1, -0.05) is 24.3 Å². The zero-order valence-corrected chi connectivity index (χ0v) is 17.9. The van der Waals surface area contributed by atoms with Gasteiger partial charge in [0.05, 0.1) is 6.61 Å². The maximum atomic E-state index is 12.7. The summed E-state index contributed by atoms with van der Waals surface area (Å²) < 4.78 is 21.9. The molecule has 3 rings (SSSR count). The molecule has 0 radical (unpaired) electrons. The van der Waals surface area contributed by atoms with Crippen LogP contribution in [0.4, 0.5) is 10.5 Å². The first-order valence-corrected chi connectivity index (χ1v) is 10.4. The molecule has 1 atom stereocenters. The minimum Gasteiger partial charge on any atom is -0.491 e. The highest BCUT2D eigenvalue weighted by molar-refractivity contribution is 5.86. The Labute approximate surface area is 190 Å². The first kappa shape index (κ1) is 23.9. The number of aliphatic hydroxyl groups is 1. The fourth-order valence-corrected chi connectivity index (χ4v) is 3.21. The van der Waals surface area contributed by atoms with E-state index in [-0.39, 0.29) is 20.0 Å². The molecular weight excluding hydrogens is 432 g/mol. The van der Waals surface area contributed by atoms with Crippen LogP contribution in [-0.2, 0) is 9.53 Å². The average molecular weight is 458 g/mol. The fraction of sp³-hybridized carbons (Fsp3) is 0.304. The topological polar surface area (TPSA) is 136 Å². The van der Waals surface area contributed by atoms with Gasteiger partial charge in [0.15, 0.2) is 11.5 Å². The molecule has 0 fully saturated rings. The van der Waals surface area contributed by atoms with Gasteiger partial charge in [-0.05, 0) is 37.5 Å². The van der Waals surface area contributed by atoms with Gasteiger partial charge >= 0.3 is 6.09 Å². The molecule has 1 heterocycles. The van der Waals surface area contributed by atoms with Gasteiger partial charge in [-0.3, -0.25) is 15.3 Å². The van der Waals surface area contributed by atoms with Crippen LogP contribution >= 0.6 is 0 Å². The smallest absolute Gasteiger partial charge is 0.412 e. The van der Waals surface area contributed by atoms with Crippen molar-refractivity contribution in [2.45, 2.75) is 25.4 Å². The molecule has 0 spiro atoms. The number of unbranched alkanes of at least 4 members (excludes halogenated alkanes) is 1. The summed E-state index contributed by atoms with van der Waals surface area (Å²) in [6.07, 6.45) is 3.09. The Bertz CT molecular complexity index is 979. The lowest BCUT2D eigenvalue weighted by atomic mass is 10.0. The van der Waals surface area contributed by atoms with Crippen LogP contribution in [0.2, 0.25) is 0 Å². The van der Waals surface area contributed by atoms with E-state index >= 15 is 0 Å². The van der Waals surface area contributed by atoms with Crippen LogP contribution in [-0.4, -0.2) is 42.3 Å². The number of rotatable bonds is 11. The number of fused-ring (bicyclic) bond motifs is 1. The quantitative estimate of drug-likeness (QED) is 0.174. The second kappa shape index (κ2) is 12.3. The number of hydrogen-bond donors (Lipinski definition) is 4. The molecule has 33 heavy (non-hydrogen) atoms. The van der Waals surface area contributed by atoms with E-state index in [4.69, 9.17) is 29.3 Å². The molecule has 176 valence electrons. The highest BCUT2D eigenvalue weighted by Crippen LogP contribution is 2.35. The number of carbonyl (C=O) groups is 2. The number of aliphatic hydroxyl groups excluding tert-OH is 1. The monoisotopic (exact) mass is 458 g/mol. The van der Waals surface area contributed by atoms with E-state index in [0.29, 0.717) is 47.8 Å². The van der Waals surface area contributed by atoms with Crippen molar-refractivity contribution in [1.29, 1.82) is 0 Å². The number of carbonyl (C=O) groups excluding carboxylic acids is 2. The maximum absolute atomic E-state index is 12.7. The number of hydroxylamine groups is 1. The van der Waals surface area contributed by atoms with Crippen molar-refractivity contribution >= 4 is 17.7 Å². The Morgan fingerprint density at radius 3 is 2.79 bits per heavy atom. The van der Waals surface area contributed by atoms with Gasteiger partial charge in [-0.2, -0.15) is 0 Å². The molecule has 0 aromatic heterocycles. The van der Waals surface area contributed by atoms with E-state index in [1.54, 1.807) is 48.5 Å². The lowest BCUT2D eigenvalue weighted by molar-refractivity contribution is -0.124. The molecule has 0 saturated carbocycles. The van der Waals surface area contributed by atoms with E-state index in [0.717, 1.165) is 0 Å². The molecule has 2 amide bonds. The number of benzene rings is 2. The second-order valence-electron chi connectivity index (χ2n) is 7.01. The molecule has 10 heteroatoms. The van der Waals surface area contributed by atoms with Crippen LogP contribution in [0.25, 0.3) is 0 Å². The lowest BCUT2D eigenvalue weighted by Crippen LogP contribution is -2.18. The standard InChI is InChI=1S/C23H26N2O8/c26-12-13-30-18-7-5-4-6-17(18)19(8-2-1-3-9-22(27)25-29)33-23(28)24-16-10-11-20-21(14-16)32-15-31-20/h3-7,9-11,14,19,26,29H,1-2,8,12-13,15H2,(H,24,28)(H,25,27)/b9-3+/t19-/m0/s1. The van der Waals surface area contributed by atoms with Crippen LogP contribution in [0.5, 0.6) is 17.2 Å². The van der Waals surface area contributed by atoms with E-state index in [1.165, 1.54) is 11.6 Å². The minimum atomic E-state index is -0.661. The third kappa shape index (κ3) is 7.13. The van der Waals surface area contributed by atoms with Crippen LogP contribution in [0.3, 0.4) is 0 Å². The van der Waals surface area contributed by atoms with Gasteiger partial charge in [-0.25, -0.2) is 10.3 Å². The summed E-state index contributed by atoms with van der Waals surface area (Å²) in [6.45, 7) is 0.0820.